The molecule has 0 saturated carbocycles. The highest BCUT2D eigenvalue weighted by Crippen LogP contribution is 2.18. The molecular formula is C7H6ClN5. The first-order valence-electron chi connectivity index (χ1n) is 3.55. The molecule has 2 aromatic heterocycles. The largest absolute Gasteiger partial charge is 0.397 e. The molecule has 2 N–H and O–H groups in total. The van der Waals surface area contributed by atoms with Gasteiger partial charge in [0, 0.05) is 0 Å². The molecule has 2 rings (SSSR count). The van der Waals surface area contributed by atoms with Gasteiger partial charge in [-0.2, -0.15) is 10.2 Å². The summed E-state index contributed by atoms with van der Waals surface area (Å²) < 4.78 is 0. The van der Waals surface area contributed by atoms with Crippen LogP contribution in [0.2, 0.25) is 5.02 Å². The maximum absolute atomic E-state index is 5.88. The summed E-state index contributed by atoms with van der Waals surface area (Å²) in [5.41, 5.74) is 6.00. The molecule has 66 valence electrons. The third kappa shape index (κ3) is 1.46. The SMILES string of the molecule is Nc1cnc(-n2nccn2)c(Cl)c1. The summed E-state index contributed by atoms with van der Waals surface area (Å²) in [6.07, 6.45) is 4.60. The second kappa shape index (κ2) is 3.02. The van der Waals surface area contributed by atoms with E-state index < -0.39 is 0 Å². The van der Waals surface area contributed by atoms with E-state index >= 15 is 0 Å². The lowest BCUT2D eigenvalue weighted by atomic mass is 10.4. The van der Waals surface area contributed by atoms with Gasteiger partial charge in [-0.05, 0) is 6.07 Å². The summed E-state index contributed by atoms with van der Waals surface area (Å²) in [6, 6.07) is 1.60. The van der Waals surface area contributed by atoms with Gasteiger partial charge in [-0.25, -0.2) is 4.98 Å². The fourth-order valence-corrected chi connectivity index (χ4v) is 1.17. The Morgan fingerprint density at radius 1 is 1.31 bits per heavy atom. The molecule has 0 spiro atoms. The Labute approximate surface area is 79.1 Å². The molecule has 0 aromatic carbocycles. The zero-order valence-corrected chi connectivity index (χ0v) is 7.31. The molecule has 0 aliphatic heterocycles. The van der Waals surface area contributed by atoms with E-state index in [4.69, 9.17) is 17.3 Å². The molecule has 2 aromatic rings. The van der Waals surface area contributed by atoms with E-state index in [-0.39, 0.29) is 0 Å². The van der Waals surface area contributed by atoms with Crippen molar-refractivity contribution in [3.05, 3.63) is 29.7 Å². The molecule has 0 unspecified atom stereocenters. The van der Waals surface area contributed by atoms with Crippen LogP contribution in [0, 0.1) is 0 Å². The molecule has 5 nitrogen and oxygen atoms in total. The first-order valence-corrected chi connectivity index (χ1v) is 3.93. The highest BCUT2D eigenvalue weighted by atomic mass is 35.5. The highest BCUT2D eigenvalue weighted by Gasteiger charge is 2.05. The summed E-state index contributed by atoms with van der Waals surface area (Å²) in [5.74, 6) is 0.473. The number of hydrogen-bond donors (Lipinski definition) is 1. The smallest absolute Gasteiger partial charge is 0.193 e. The lowest BCUT2D eigenvalue weighted by molar-refractivity contribution is 0.730. The van der Waals surface area contributed by atoms with Crippen LogP contribution in [-0.2, 0) is 0 Å². The van der Waals surface area contributed by atoms with Gasteiger partial charge < -0.3 is 5.73 Å². The number of anilines is 1. The quantitative estimate of drug-likeness (QED) is 0.734. The van der Waals surface area contributed by atoms with Crippen LogP contribution in [-0.4, -0.2) is 20.0 Å². The molecule has 13 heavy (non-hydrogen) atoms. The Morgan fingerprint density at radius 3 is 2.62 bits per heavy atom. The molecule has 0 aliphatic rings. The van der Waals surface area contributed by atoms with Crippen molar-refractivity contribution in [3.8, 4) is 5.82 Å². The first kappa shape index (κ1) is 8.00. The number of halogens is 1. The van der Waals surface area contributed by atoms with Crippen LogP contribution < -0.4 is 5.73 Å². The number of nitrogens with zero attached hydrogens (tertiary/aromatic N) is 4. The number of pyridine rings is 1. The van der Waals surface area contributed by atoms with Crippen molar-refractivity contribution >= 4 is 17.3 Å². The fourth-order valence-electron chi connectivity index (χ4n) is 0.918. The van der Waals surface area contributed by atoms with E-state index in [1.54, 1.807) is 18.5 Å². The fraction of sp³-hybridized carbons (Fsp3) is 0. The van der Waals surface area contributed by atoms with Crippen LogP contribution >= 0.6 is 11.6 Å². The van der Waals surface area contributed by atoms with Gasteiger partial charge in [-0.1, -0.05) is 11.6 Å². The van der Waals surface area contributed by atoms with E-state index in [1.807, 2.05) is 0 Å². The standard InChI is InChI=1S/C7H6ClN5/c8-6-3-5(9)4-10-7(6)13-11-1-2-12-13/h1-4H,9H2. The third-order valence-corrected chi connectivity index (χ3v) is 1.73. The second-order valence-corrected chi connectivity index (χ2v) is 2.80. The van der Waals surface area contributed by atoms with Crippen molar-refractivity contribution in [2.45, 2.75) is 0 Å². The maximum Gasteiger partial charge on any atom is 0.193 e. The Kier molecular flexibility index (Phi) is 1.86. The Balaban J connectivity index is 2.53. The van der Waals surface area contributed by atoms with E-state index in [1.165, 1.54) is 11.0 Å². The molecule has 0 fully saturated rings. The first-order chi connectivity index (χ1) is 6.27. The minimum atomic E-state index is 0.427. The highest BCUT2D eigenvalue weighted by molar-refractivity contribution is 6.32. The van der Waals surface area contributed by atoms with E-state index in [2.05, 4.69) is 15.2 Å². The van der Waals surface area contributed by atoms with Crippen molar-refractivity contribution in [1.29, 1.82) is 0 Å². The summed E-state index contributed by atoms with van der Waals surface area (Å²) in [5, 5.41) is 8.22. The van der Waals surface area contributed by atoms with Crippen LogP contribution in [0.3, 0.4) is 0 Å². The molecular weight excluding hydrogens is 190 g/mol. The van der Waals surface area contributed by atoms with Crippen molar-refractivity contribution in [2.24, 2.45) is 0 Å². The summed E-state index contributed by atoms with van der Waals surface area (Å²) in [7, 11) is 0. The Morgan fingerprint density at radius 2 is 2.00 bits per heavy atom. The van der Waals surface area contributed by atoms with Gasteiger partial charge in [0.2, 0.25) is 0 Å². The third-order valence-electron chi connectivity index (χ3n) is 1.45. The zero-order valence-electron chi connectivity index (χ0n) is 6.55. The van der Waals surface area contributed by atoms with Gasteiger partial charge >= 0.3 is 0 Å². The van der Waals surface area contributed by atoms with Gasteiger partial charge in [-0.3, -0.25) is 0 Å². The summed E-state index contributed by atoms with van der Waals surface area (Å²) >= 11 is 5.88. The van der Waals surface area contributed by atoms with Crippen LogP contribution in [0.5, 0.6) is 0 Å². The second-order valence-electron chi connectivity index (χ2n) is 2.39. The van der Waals surface area contributed by atoms with Crippen molar-refractivity contribution < 1.29 is 0 Å². The average molecular weight is 196 g/mol. The van der Waals surface area contributed by atoms with Crippen molar-refractivity contribution in [1.82, 2.24) is 20.0 Å². The van der Waals surface area contributed by atoms with Crippen molar-refractivity contribution in [3.63, 3.8) is 0 Å². The number of aromatic nitrogens is 4. The van der Waals surface area contributed by atoms with Gasteiger partial charge in [0.05, 0.1) is 29.3 Å². The molecule has 0 saturated heterocycles. The van der Waals surface area contributed by atoms with Crippen molar-refractivity contribution in [2.75, 3.05) is 5.73 Å². The topological polar surface area (TPSA) is 69.6 Å². The lowest BCUT2D eigenvalue weighted by Gasteiger charge is -2.01. The van der Waals surface area contributed by atoms with Gasteiger partial charge in [0.1, 0.15) is 0 Å². The van der Waals surface area contributed by atoms with Gasteiger partial charge in [0.15, 0.2) is 5.82 Å². The number of nitrogen functional groups attached to an aromatic ring is 1. The lowest BCUT2D eigenvalue weighted by Crippen LogP contribution is -2.02. The van der Waals surface area contributed by atoms with Gasteiger partial charge in [-0.15, -0.1) is 4.80 Å². The summed E-state index contributed by atoms with van der Waals surface area (Å²) in [4.78, 5) is 5.34. The van der Waals surface area contributed by atoms with Crippen LogP contribution in [0.1, 0.15) is 0 Å². The maximum atomic E-state index is 5.88. The molecule has 6 heteroatoms. The predicted molar refractivity (Wildman–Crippen MR) is 48.6 cm³/mol. The van der Waals surface area contributed by atoms with Crippen LogP contribution in [0.4, 0.5) is 5.69 Å². The normalized spacial score (nSPS) is 10.2. The molecule has 2 heterocycles. The van der Waals surface area contributed by atoms with Crippen LogP contribution in [0.25, 0.3) is 5.82 Å². The van der Waals surface area contributed by atoms with Crippen LogP contribution in [0.15, 0.2) is 24.7 Å². The average Bonchev–Trinajstić information content (AvgIpc) is 2.56. The number of nitrogens with two attached hydrogens (primary N) is 1. The minimum absolute atomic E-state index is 0.427. The Bertz CT molecular complexity index is 411. The minimum Gasteiger partial charge on any atom is -0.397 e. The number of hydrogen-bond acceptors (Lipinski definition) is 4. The molecule has 0 aliphatic carbocycles. The molecule has 0 bridgehead atoms. The van der Waals surface area contributed by atoms with E-state index in [9.17, 15) is 0 Å². The molecule has 0 radical (unpaired) electrons. The number of rotatable bonds is 1. The van der Waals surface area contributed by atoms with Gasteiger partial charge in [0.25, 0.3) is 0 Å². The predicted octanol–water partition coefficient (Wildman–Crippen LogP) is 0.898. The Hall–Kier alpha value is -1.62. The summed E-state index contributed by atoms with van der Waals surface area (Å²) in [6.45, 7) is 0. The van der Waals surface area contributed by atoms with E-state index in [0.29, 0.717) is 16.5 Å². The molecule has 0 atom stereocenters. The monoisotopic (exact) mass is 195 g/mol. The van der Waals surface area contributed by atoms with E-state index in [0.717, 1.165) is 0 Å². The molecule has 0 amide bonds. The zero-order chi connectivity index (χ0) is 9.26.